The Morgan fingerprint density at radius 3 is 2.50 bits per heavy atom. The fourth-order valence-corrected chi connectivity index (χ4v) is 6.75. The molecule has 2 aliphatic rings. The summed E-state index contributed by atoms with van der Waals surface area (Å²) in [6, 6.07) is 14.8. The lowest BCUT2D eigenvalue weighted by atomic mass is 9.81. The van der Waals surface area contributed by atoms with Crippen molar-refractivity contribution >= 4 is 21.9 Å². The molecular formula is C31H38N4O4S. The Morgan fingerprint density at radius 1 is 1.05 bits per heavy atom. The van der Waals surface area contributed by atoms with Crippen LogP contribution in [0.5, 0.6) is 5.88 Å². The number of carbonyl (C=O) groups excluding carboxylic acids is 1. The molecule has 1 amide bonds. The molecule has 8 nitrogen and oxygen atoms in total. The van der Waals surface area contributed by atoms with E-state index in [9.17, 15) is 13.2 Å². The topological polar surface area (TPSA) is 101 Å². The summed E-state index contributed by atoms with van der Waals surface area (Å²) in [5, 5.41) is 0. The van der Waals surface area contributed by atoms with Crippen LogP contribution >= 0.6 is 0 Å². The zero-order valence-electron chi connectivity index (χ0n) is 23.9. The maximum atomic E-state index is 13.4. The highest BCUT2D eigenvalue weighted by Gasteiger charge is 2.34. The maximum Gasteiger partial charge on any atom is 0.264 e. The molecule has 2 aromatic carbocycles. The number of aryl methyl sites for hydroxylation is 2. The third-order valence-corrected chi connectivity index (χ3v) is 9.07. The number of nitrogens with zero attached hydrogens (tertiary/aromatic N) is 3. The minimum Gasteiger partial charge on any atom is -0.477 e. The average Bonchev–Trinajstić information content (AvgIpc) is 2.86. The van der Waals surface area contributed by atoms with Crippen LogP contribution in [0.4, 0.5) is 5.95 Å². The van der Waals surface area contributed by atoms with Crippen molar-refractivity contribution in [3.63, 3.8) is 0 Å². The van der Waals surface area contributed by atoms with E-state index >= 15 is 0 Å². The molecule has 1 saturated heterocycles. The standard InChI is InChI=1S/C31H38N4O4S/c1-20-8-6-9-21(2)29(20)26-16-27-33-30(32-26)34-40(37,38)25-11-7-10-22(15-25)14-23-12-13-35(18-24(23)19-39-27)28(36)17-31(3,4)5/h6-11,15-16,23-24H,12-14,17-19H2,1-5H3,(H,32,33,34). The summed E-state index contributed by atoms with van der Waals surface area (Å²) in [6.07, 6.45) is 2.02. The van der Waals surface area contributed by atoms with Gasteiger partial charge in [-0.05, 0) is 66.8 Å². The van der Waals surface area contributed by atoms with E-state index in [1.165, 1.54) is 0 Å². The molecule has 212 valence electrons. The molecular weight excluding hydrogens is 524 g/mol. The third kappa shape index (κ3) is 6.30. The first-order valence-corrected chi connectivity index (χ1v) is 15.3. The number of carbonyl (C=O) groups is 1. The van der Waals surface area contributed by atoms with Crippen LogP contribution in [0.1, 0.15) is 50.3 Å². The predicted octanol–water partition coefficient (Wildman–Crippen LogP) is 5.40. The monoisotopic (exact) mass is 562 g/mol. The van der Waals surface area contributed by atoms with Gasteiger partial charge >= 0.3 is 0 Å². The first-order chi connectivity index (χ1) is 18.9. The molecule has 0 saturated carbocycles. The van der Waals surface area contributed by atoms with Gasteiger partial charge in [0.05, 0.1) is 17.2 Å². The summed E-state index contributed by atoms with van der Waals surface area (Å²) >= 11 is 0. The molecule has 1 N–H and O–H groups in total. The Morgan fingerprint density at radius 2 is 1.77 bits per heavy atom. The van der Waals surface area contributed by atoms with Gasteiger partial charge in [0, 0.05) is 37.1 Å². The first kappa shape index (κ1) is 28.1. The van der Waals surface area contributed by atoms with Gasteiger partial charge in [-0.1, -0.05) is 51.1 Å². The Labute approximate surface area is 237 Å². The molecule has 3 heterocycles. The summed E-state index contributed by atoms with van der Waals surface area (Å²) in [5.74, 6) is 0.710. The largest absolute Gasteiger partial charge is 0.477 e. The molecule has 2 unspecified atom stereocenters. The number of hydrogen-bond donors (Lipinski definition) is 1. The lowest BCUT2D eigenvalue weighted by molar-refractivity contribution is -0.136. The van der Waals surface area contributed by atoms with E-state index in [-0.39, 0.29) is 34.0 Å². The summed E-state index contributed by atoms with van der Waals surface area (Å²) in [4.78, 5) is 24.3. The molecule has 0 aliphatic carbocycles. The highest BCUT2D eigenvalue weighted by Crippen LogP contribution is 2.33. The van der Waals surface area contributed by atoms with Crippen molar-refractivity contribution in [2.45, 2.75) is 58.8 Å². The molecule has 2 atom stereocenters. The van der Waals surface area contributed by atoms with Crippen molar-refractivity contribution in [1.29, 1.82) is 0 Å². The van der Waals surface area contributed by atoms with Crippen molar-refractivity contribution in [2.24, 2.45) is 17.3 Å². The number of aromatic nitrogens is 2. The number of hydrogen-bond acceptors (Lipinski definition) is 6. The lowest BCUT2D eigenvalue weighted by Gasteiger charge is -2.39. The Hall–Kier alpha value is -3.46. The Bertz CT molecular complexity index is 1510. The van der Waals surface area contributed by atoms with E-state index in [0.717, 1.165) is 28.7 Å². The molecule has 0 radical (unpaired) electrons. The number of anilines is 1. The number of likely N-dealkylation sites (tertiary alicyclic amines) is 1. The number of benzene rings is 2. The molecule has 1 aromatic heterocycles. The molecule has 1 fully saturated rings. The predicted molar refractivity (Wildman–Crippen MR) is 156 cm³/mol. The van der Waals surface area contributed by atoms with Gasteiger partial charge < -0.3 is 9.64 Å². The first-order valence-electron chi connectivity index (χ1n) is 13.9. The van der Waals surface area contributed by atoms with Crippen LogP contribution in [0.25, 0.3) is 11.3 Å². The highest BCUT2D eigenvalue weighted by molar-refractivity contribution is 7.92. The van der Waals surface area contributed by atoms with Gasteiger partial charge in [0.1, 0.15) is 0 Å². The smallest absolute Gasteiger partial charge is 0.264 e. The van der Waals surface area contributed by atoms with E-state index in [1.807, 2.05) is 43.0 Å². The van der Waals surface area contributed by atoms with Gasteiger partial charge in [-0.15, -0.1) is 0 Å². The quantitative estimate of drug-likeness (QED) is 0.449. The van der Waals surface area contributed by atoms with Crippen LogP contribution in [-0.2, 0) is 21.2 Å². The van der Waals surface area contributed by atoms with Gasteiger partial charge in [-0.25, -0.2) is 18.1 Å². The third-order valence-electron chi connectivity index (χ3n) is 7.74. The minimum atomic E-state index is -3.93. The number of sulfonamides is 1. The SMILES string of the molecule is Cc1cccc(C)c1-c1cc2nc(n1)NS(=O)(=O)c1cccc(c1)CC1CCN(C(=O)CC(C)(C)C)CC1CO2. The molecule has 5 rings (SSSR count). The number of rotatable bonds is 2. The zero-order valence-corrected chi connectivity index (χ0v) is 24.7. The molecule has 0 spiro atoms. The molecule has 3 aromatic rings. The Balaban J connectivity index is 1.55. The molecule has 4 bridgehead atoms. The summed E-state index contributed by atoms with van der Waals surface area (Å²) < 4.78 is 35.7. The number of nitrogens with one attached hydrogen (secondary N) is 1. The normalized spacial score (nSPS) is 20.6. The van der Waals surface area contributed by atoms with E-state index in [4.69, 9.17) is 4.74 Å². The van der Waals surface area contributed by atoms with E-state index in [1.54, 1.807) is 24.3 Å². The van der Waals surface area contributed by atoms with Gasteiger partial charge in [-0.3, -0.25) is 4.79 Å². The van der Waals surface area contributed by atoms with Gasteiger partial charge in [-0.2, -0.15) is 4.98 Å². The fraction of sp³-hybridized carbons (Fsp3) is 0.452. The maximum absolute atomic E-state index is 13.4. The molecule has 9 heteroatoms. The summed E-state index contributed by atoms with van der Waals surface area (Å²) in [5.41, 5.74) is 4.39. The second-order valence-corrected chi connectivity index (χ2v) is 14.0. The van der Waals surface area contributed by atoms with Gasteiger partial charge in [0.15, 0.2) is 0 Å². The van der Waals surface area contributed by atoms with Crippen LogP contribution in [-0.4, -0.2) is 48.9 Å². The fourth-order valence-electron chi connectivity index (χ4n) is 5.74. The van der Waals surface area contributed by atoms with E-state index in [0.29, 0.717) is 44.1 Å². The van der Waals surface area contributed by atoms with Crippen LogP contribution < -0.4 is 9.46 Å². The number of piperidine rings is 1. The second kappa shape index (κ2) is 10.8. The summed E-state index contributed by atoms with van der Waals surface area (Å²) in [6.45, 7) is 11.9. The van der Waals surface area contributed by atoms with Gasteiger partial charge in [0.25, 0.3) is 10.0 Å². The Kier molecular flexibility index (Phi) is 7.61. The van der Waals surface area contributed by atoms with Crippen LogP contribution in [0, 0.1) is 31.1 Å². The van der Waals surface area contributed by atoms with Crippen molar-refractivity contribution < 1.29 is 17.9 Å². The van der Waals surface area contributed by atoms with Crippen LogP contribution in [0.15, 0.2) is 53.4 Å². The van der Waals surface area contributed by atoms with Crippen LogP contribution in [0.3, 0.4) is 0 Å². The van der Waals surface area contributed by atoms with E-state index < -0.39 is 10.0 Å². The summed E-state index contributed by atoms with van der Waals surface area (Å²) in [7, 11) is -3.93. The number of amides is 1. The molecule has 2 aliphatic heterocycles. The van der Waals surface area contributed by atoms with Crippen molar-refractivity contribution in [1.82, 2.24) is 14.9 Å². The minimum absolute atomic E-state index is 0.0398. The average molecular weight is 563 g/mol. The van der Waals surface area contributed by atoms with Crippen molar-refractivity contribution in [3.8, 4) is 17.1 Å². The van der Waals surface area contributed by atoms with E-state index in [2.05, 4.69) is 35.5 Å². The lowest BCUT2D eigenvalue weighted by Crippen LogP contribution is -2.47. The van der Waals surface area contributed by atoms with Crippen LogP contribution in [0.2, 0.25) is 0 Å². The molecule has 40 heavy (non-hydrogen) atoms. The van der Waals surface area contributed by atoms with Gasteiger partial charge in [0.2, 0.25) is 17.7 Å². The van der Waals surface area contributed by atoms with Crippen molar-refractivity contribution in [3.05, 3.63) is 65.2 Å². The highest BCUT2D eigenvalue weighted by atomic mass is 32.2. The zero-order chi connectivity index (χ0) is 28.7. The van der Waals surface area contributed by atoms with Crippen molar-refractivity contribution in [2.75, 3.05) is 24.4 Å². The second-order valence-electron chi connectivity index (χ2n) is 12.3. The number of ether oxygens (including phenoxy) is 1. The number of fused-ring (bicyclic) bond motifs is 5.